The summed E-state index contributed by atoms with van der Waals surface area (Å²) < 4.78 is 5.18. The summed E-state index contributed by atoms with van der Waals surface area (Å²) in [6.45, 7) is 5.62. The summed E-state index contributed by atoms with van der Waals surface area (Å²) in [5.74, 6) is 0.912. The van der Waals surface area contributed by atoms with Crippen LogP contribution in [0.2, 0.25) is 0 Å². The minimum atomic E-state index is 0.0882. The lowest BCUT2D eigenvalue weighted by molar-refractivity contribution is 0.203. The molecular weight excluding hydrogens is 252 g/mol. The molecule has 0 saturated carbocycles. The van der Waals surface area contributed by atoms with E-state index >= 15 is 0 Å². The number of hydrogen-bond donors (Lipinski definition) is 2. The molecule has 0 saturated heterocycles. The Morgan fingerprint density at radius 2 is 2.25 bits per heavy atom. The number of amidine groups is 1. The van der Waals surface area contributed by atoms with Crippen LogP contribution >= 0.6 is 0 Å². The molecule has 0 fully saturated rings. The number of rotatable bonds is 6. The van der Waals surface area contributed by atoms with Crippen molar-refractivity contribution >= 4 is 11.7 Å². The first-order chi connectivity index (χ1) is 9.54. The number of nitrogens with one attached hydrogen (secondary N) is 1. The maximum Gasteiger partial charge on any atom is 0.140 e. The van der Waals surface area contributed by atoms with Crippen molar-refractivity contribution in [1.29, 1.82) is 5.41 Å². The number of anilines is 1. The van der Waals surface area contributed by atoms with Crippen LogP contribution in [0.25, 0.3) is 0 Å². The Morgan fingerprint density at radius 1 is 1.50 bits per heavy atom. The van der Waals surface area contributed by atoms with Crippen molar-refractivity contribution in [3.63, 3.8) is 0 Å². The molecule has 1 aliphatic carbocycles. The summed E-state index contributed by atoms with van der Waals surface area (Å²) in [5, 5.41) is 7.83. The molecule has 1 aromatic rings. The molecule has 0 amide bonds. The molecule has 5 heteroatoms. The second-order valence-electron chi connectivity index (χ2n) is 5.51. The van der Waals surface area contributed by atoms with Gasteiger partial charge in [0.15, 0.2) is 0 Å². The zero-order chi connectivity index (χ0) is 14.7. The van der Waals surface area contributed by atoms with Gasteiger partial charge in [-0.3, -0.25) is 5.41 Å². The molecule has 2 rings (SSSR count). The minimum Gasteiger partial charge on any atom is -0.384 e. The van der Waals surface area contributed by atoms with Gasteiger partial charge >= 0.3 is 0 Å². The van der Waals surface area contributed by atoms with Crippen molar-refractivity contribution < 1.29 is 4.74 Å². The molecule has 0 spiro atoms. The molecule has 0 atom stereocenters. The Balaban J connectivity index is 2.43. The molecule has 0 bridgehead atoms. The van der Waals surface area contributed by atoms with Crippen molar-refractivity contribution in [2.24, 2.45) is 5.73 Å². The van der Waals surface area contributed by atoms with Crippen LogP contribution in [0, 0.1) is 5.41 Å². The lowest BCUT2D eigenvalue weighted by atomic mass is 10.1. The minimum absolute atomic E-state index is 0.0882. The molecule has 110 valence electrons. The molecule has 20 heavy (non-hydrogen) atoms. The molecule has 1 aromatic heterocycles. The largest absolute Gasteiger partial charge is 0.384 e. The number of pyridine rings is 1. The van der Waals surface area contributed by atoms with Crippen LogP contribution in [0.1, 0.15) is 37.1 Å². The average molecular weight is 276 g/mol. The summed E-state index contributed by atoms with van der Waals surface area (Å²) >= 11 is 0. The summed E-state index contributed by atoms with van der Waals surface area (Å²) in [7, 11) is 1.69. The highest BCUT2D eigenvalue weighted by Gasteiger charge is 2.22. The van der Waals surface area contributed by atoms with Crippen LogP contribution in [0.15, 0.2) is 6.07 Å². The normalized spacial score (nSPS) is 13.6. The maximum atomic E-state index is 7.83. The molecule has 0 unspecified atom stereocenters. The Morgan fingerprint density at radius 3 is 2.85 bits per heavy atom. The lowest BCUT2D eigenvalue weighted by Crippen LogP contribution is -2.36. The first-order valence-electron chi connectivity index (χ1n) is 7.17. The van der Waals surface area contributed by atoms with Crippen LogP contribution in [0.5, 0.6) is 0 Å². The van der Waals surface area contributed by atoms with Gasteiger partial charge in [0.2, 0.25) is 0 Å². The quantitative estimate of drug-likeness (QED) is 0.613. The van der Waals surface area contributed by atoms with Crippen LogP contribution in [0.4, 0.5) is 5.82 Å². The number of fused-ring (bicyclic) bond motifs is 1. The van der Waals surface area contributed by atoms with E-state index in [9.17, 15) is 0 Å². The summed E-state index contributed by atoms with van der Waals surface area (Å²) in [6, 6.07) is 2.34. The molecule has 1 heterocycles. The number of nitrogen functional groups attached to an aromatic ring is 1. The number of nitrogens with zero attached hydrogens (tertiary/aromatic N) is 2. The van der Waals surface area contributed by atoms with E-state index in [0.29, 0.717) is 6.61 Å². The van der Waals surface area contributed by atoms with E-state index in [-0.39, 0.29) is 11.9 Å². The third kappa shape index (κ3) is 2.93. The van der Waals surface area contributed by atoms with Gasteiger partial charge in [0, 0.05) is 25.4 Å². The zero-order valence-corrected chi connectivity index (χ0v) is 12.6. The number of aryl methyl sites for hydroxylation is 2. The number of nitrogens with two attached hydrogens (primary N) is 1. The Bertz CT molecular complexity index is 499. The fraction of sp³-hybridized carbons (Fsp3) is 0.600. The van der Waals surface area contributed by atoms with Gasteiger partial charge in [-0.15, -0.1) is 0 Å². The Kier molecular flexibility index (Phi) is 4.60. The molecule has 0 radical (unpaired) electrons. The van der Waals surface area contributed by atoms with Gasteiger partial charge in [-0.1, -0.05) is 0 Å². The summed E-state index contributed by atoms with van der Waals surface area (Å²) in [5.41, 5.74) is 8.91. The van der Waals surface area contributed by atoms with Gasteiger partial charge in [0.05, 0.1) is 12.2 Å². The topological polar surface area (TPSA) is 75.2 Å². The van der Waals surface area contributed by atoms with Crippen molar-refractivity contribution in [2.75, 3.05) is 25.2 Å². The molecule has 0 aliphatic heterocycles. The highest BCUT2D eigenvalue weighted by molar-refractivity contribution is 6.00. The van der Waals surface area contributed by atoms with Crippen LogP contribution in [-0.4, -0.2) is 37.1 Å². The fourth-order valence-corrected chi connectivity index (χ4v) is 2.68. The van der Waals surface area contributed by atoms with Crippen LogP contribution in [0.3, 0.4) is 0 Å². The van der Waals surface area contributed by atoms with E-state index in [2.05, 4.69) is 24.8 Å². The van der Waals surface area contributed by atoms with E-state index in [0.717, 1.165) is 42.9 Å². The molecule has 5 nitrogen and oxygen atoms in total. The van der Waals surface area contributed by atoms with E-state index in [1.54, 1.807) is 7.11 Å². The average Bonchev–Trinajstić information content (AvgIpc) is 2.84. The predicted molar refractivity (Wildman–Crippen MR) is 81.6 cm³/mol. The van der Waals surface area contributed by atoms with Gasteiger partial charge in [-0.25, -0.2) is 4.98 Å². The maximum absolute atomic E-state index is 7.83. The lowest BCUT2D eigenvalue weighted by Gasteiger charge is -2.30. The van der Waals surface area contributed by atoms with Crippen molar-refractivity contribution in [3.05, 3.63) is 22.9 Å². The zero-order valence-electron chi connectivity index (χ0n) is 12.6. The van der Waals surface area contributed by atoms with Gasteiger partial charge in [0.25, 0.3) is 0 Å². The smallest absolute Gasteiger partial charge is 0.140 e. The molecule has 3 N–H and O–H groups in total. The second kappa shape index (κ2) is 6.22. The van der Waals surface area contributed by atoms with Gasteiger partial charge in [0.1, 0.15) is 11.7 Å². The van der Waals surface area contributed by atoms with E-state index in [1.165, 1.54) is 5.56 Å². The Hall–Kier alpha value is -1.62. The van der Waals surface area contributed by atoms with Crippen molar-refractivity contribution in [1.82, 2.24) is 4.98 Å². The van der Waals surface area contributed by atoms with E-state index in [4.69, 9.17) is 20.9 Å². The number of hydrogen-bond acceptors (Lipinski definition) is 4. The predicted octanol–water partition coefficient (Wildman–Crippen LogP) is 1.72. The first kappa shape index (κ1) is 14.8. The molecule has 0 aromatic carbocycles. The molecular formula is C15H24N4O. The number of aromatic nitrogens is 1. The Labute approximate surface area is 120 Å². The standard InChI is InChI=1S/C15H24N4O/c1-10(2)19(7-8-20-3)15-12(14(16)17)9-11-5-4-6-13(11)18-15/h9-10H,4-8H2,1-3H3,(H3,16,17). The van der Waals surface area contributed by atoms with Crippen LogP contribution < -0.4 is 10.6 Å². The fourth-order valence-electron chi connectivity index (χ4n) is 2.68. The first-order valence-corrected chi connectivity index (χ1v) is 7.17. The van der Waals surface area contributed by atoms with Crippen molar-refractivity contribution in [3.8, 4) is 0 Å². The third-order valence-electron chi connectivity index (χ3n) is 3.75. The van der Waals surface area contributed by atoms with Gasteiger partial charge in [-0.05, 0) is 44.7 Å². The summed E-state index contributed by atoms with van der Waals surface area (Å²) in [6.07, 6.45) is 3.21. The van der Waals surface area contributed by atoms with E-state index in [1.807, 2.05) is 0 Å². The van der Waals surface area contributed by atoms with Crippen molar-refractivity contribution in [2.45, 2.75) is 39.2 Å². The number of methoxy groups -OCH3 is 1. The third-order valence-corrected chi connectivity index (χ3v) is 3.75. The van der Waals surface area contributed by atoms with Gasteiger partial charge < -0.3 is 15.4 Å². The van der Waals surface area contributed by atoms with Crippen LogP contribution in [-0.2, 0) is 17.6 Å². The second-order valence-corrected chi connectivity index (χ2v) is 5.51. The molecule has 1 aliphatic rings. The highest BCUT2D eigenvalue weighted by atomic mass is 16.5. The monoisotopic (exact) mass is 276 g/mol. The number of ether oxygens (including phenoxy) is 1. The SMILES string of the molecule is COCCN(c1nc2c(cc1C(=N)N)CCC2)C(C)C. The summed E-state index contributed by atoms with van der Waals surface area (Å²) in [4.78, 5) is 6.96. The van der Waals surface area contributed by atoms with Gasteiger partial charge in [-0.2, -0.15) is 0 Å². The van der Waals surface area contributed by atoms with E-state index < -0.39 is 0 Å². The highest BCUT2D eigenvalue weighted by Crippen LogP contribution is 2.28.